The molecule has 0 spiro atoms. The van der Waals surface area contributed by atoms with Crippen molar-refractivity contribution in [2.45, 2.75) is 13.0 Å². The number of H-pyrrole nitrogens is 1. The number of nitrogens with one attached hydrogen (secondary N) is 2. The van der Waals surface area contributed by atoms with E-state index < -0.39 is 0 Å². The second kappa shape index (κ2) is 4.36. The number of rotatable bonds is 3. The predicted octanol–water partition coefficient (Wildman–Crippen LogP) is 3.24. The first-order chi connectivity index (χ1) is 7.27. The van der Waals surface area contributed by atoms with Crippen molar-refractivity contribution in [3.05, 3.63) is 47.2 Å². The summed E-state index contributed by atoms with van der Waals surface area (Å²) in [4.78, 5) is 0. The van der Waals surface area contributed by atoms with Gasteiger partial charge in [-0.15, -0.1) is 0 Å². The summed E-state index contributed by atoms with van der Waals surface area (Å²) in [6, 6.07) is 9.78. The minimum atomic E-state index is 0.160. The van der Waals surface area contributed by atoms with E-state index in [-0.39, 0.29) is 6.04 Å². The van der Waals surface area contributed by atoms with Crippen LogP contribution in [0.4, 0.5) is 5.69 Å². The van der Waals surface area contributed by atoms with Crippen molar-refractivity contribution >= 4 is 17.3 Å². The molecular weight excluding hydrogens is 210 g/mol. The second-order valence-electron chi connectivity index (χ2n) is 3.36. The quantitative estimate of drug-likeness (QED) is 0.836. The second-order valence-corrected chi connectivity index (χ2v) is 3.77. The molecule has 0 aliphatic rings. The molecule has 2 aromatic rings. The molecular formula is C11H12ClN3. The third-order valence-corrected chi connectivity index (χ3v) is 2.56. The molecule has 78 valence electrons. The van der Waals surface area contributed by atoms with Crippen molar-refractivity contribution < 1.29 is 0 Å². The monoisotopic (exact) mass is 221 g/mol. The van der Waals surface area contributed by atoms with E-state index in [1.807, 2.05) is 30.3 Å². The van der Waals surface area contributed by atoms with Gasteiger partial charge in [-0.1, -0.05) is 23.7 Å². The van der Waals surface area contributed by atoms with Crippen LogP contribution >= 0.6 is 11.6 Å². The van der Waals surface area contributed by atoms with Crippen molar-refractivity contribution in [3.63, 3.8) is 0 Å². The summed E-state index contributed by atoms with van der Waals surface area (Å²) in [6.45, 7) is 2.05. The Morgan fingerprint density at radius 1 is 1.33 bits per heavy atom. The Morgan fingerprint density at radius 3 is 2.80 bits per heavy atom. The summed E-state index contributed by atoms with van der Waals surface area (Å²) >= 11 is 6.04. The van der Waals surface area contributed by atoms with Crippen molar-refractivity contribution in [1.29, 1.82) is 0 Å². The lowest BCUT2D eigenvalue weighted by Crippen LogP contribution is -2.07. The van der Waals surface area contributed by atoms with Gasteiger partial charge in [-0.2, -0.15) is 5.10 Å². The van der Waals surface area contributed by atoms with Crippen LogP contribution in [0.2, 0.25) is 5.02 Å². The number of benzene rings is 1. The van der Waals surface area contributed by atoms with Crippen LogP contribution in [0.15, 0.2) is 36.5 Å². The number of hydrogen-bond donors (Lipinski definition) is 2. The molecule has 4 heteroatoms. The molecule has 1 atom stereocenters. The van der Waals surface area contributed by atoms with Gasteiger partial charge in [-0.05, 0) is 25.1 Å². The molecule has 0 aliphatic heterocycles. The zero-order valence-electron chi connectivity index (χ0n) is 8.37. The van der Waals surface area contributed by atoms with E-state index in [9.17, 15) is 0 Å². The van der Waals surface area contributed by atoms with Gasteiger partial charge in [0, 0.05) is 6.20 Å². The lowest BCUT2D eigenvalue weighted by molar-refractivity contribution is 0.826. The Hall–Kier alpha value is -1.48. The first-order valence-corrected chi connectivity index (χ1v) is 5.15. The lowest BCUT2D eigenvalue weighted by Gasteiger charge is -2.14. The van der Waals surface area contributed by atoms with Crippen molar-refractivity contribution in [2.75, 3.05) is 5.32 Å². The molecule has 0 amide bonds. The third-order valence-electron chi connectivity index (χ3n) is 2.23. The highest BCUT2D eigenvalue weighted by atomic mass is 35.5. The lowest BCUT2D eigenvalue weighted by atomic mass is 10.2. The molecule has 15 heavy (non-hydrogen) atoms. The molecule has 0 aliphatic carbocycles. The topological polar surface area (TPSA) is 40.7 Å². The molecule has 0 saturated carbocycles. The molecule has 3 nitrogen and oxygen atoms in total. The van der Waals surface area contributed by atoms with E-state index in [4.69, 9.17) is 11.6 Å². The van der Waals surface area contributed by atoms with Crippen molar-refractivity contribution in [1.82, 2.24) is 10.2 Å². The van der Waals surface area contributed by atoms with Crippen LogP contribution in [-0.2, 0) is 0 Å². The van der Waals surface area contributed by atoms with Crippen LogP contribution in [0.5, 0.6) is 0 Å². The van der Waals surface area contributed by atoms with Gasteiger partial charge in [0.15, 0.2) is 0 Å². The molecule has 2 rings (SSSR count). The van der Waals surface area contributed by atoms with E-state index in [1.165, 1.54) is 0 Å². The largest absolute Gasteiger partial charge is 0.376 e. The maximum atomic E-state index is 6.04. The molecule has 0 radical (unpaired) electrons. The number of nitrogens with zero attached hydrogens (tertiary/aromatic N) is 1. The Bertz CT molecular complexity index is 425. The normalized spacial score (nSPS) is 12.4. The van der Waals surface area contributed by atoms with E-state index in [0.717, 1.165) is 16.4 Å². The highest BCUT2D eigenvalue weighted by Crippen LogP contribution is 2.24. The standard InChI is InChI=1S/C11H12ClN3/c1-8(10-6-7-13-15-10)14-11-5-3-2-4-9(11)12/h2-8,14H,1H3,(H,13,15). The average Bonchev–Trinajstić information content (AvgIpc) is 2.74. The zero-order chi connectivity index (χ0) is 10.7. The van der Waals surface area contributed by atoms with Gasteiger partial charge in [0.05, 0.1) is 22.4 Å². The Kier molecular flexibility index (Phi) is 2.92. The highest BCUT2D eigenvalue weighted by molar-refractivity contribution is 6.33. The number of para-hydroxylation sites is 1. The van der Waals surface area contributed by atoms with Gasteiger partial charge in [0.25, 0.3) is 0 Å². The van der Waals surface area contributed by atoms with Crippen LogP contribution in [0.3, 0.4) is 0 Å². The molecule has 0 saturated heterocycles. The van der Waals surface area contributed by atoms with Crippen molar-refractivity contribution in [2.24, 2.45) is 0 Å². The van der Waals surface area contributed by atoms with Crippen LogP contribution in [0.25, 0.3) is 0 Å². The van der Waals surface area contributed by atoms with E-state index in [0.29, 0.717) is 0 Å². The van der Waals surface area contributed by atoms with E-state index in [1.54, 1.807) is 6.20 Å². The molecule has 0 fully saturated rings. The summed E-state index contributed by atoms with van der Waals surface area (Å²) < 4.78 is 0. The van der Waals surface area contributed by atoms with Gasteiger partial charge in [0.1, 0.15) is 0 Å². The summed E-state index contributed by atoms with van der Waals surface area (Å²) in [5, 5.41) is 10.9. The van der Waals surface area contributed by atoms with Crippen LogP contribution in [-0.4, -0.2) is 10.2 Å². The first kappa shape index (κ1) is 10.1. The third kappa shape index (κ3) is 2.30. The Morgan fingerprint density at radius 2 is 2.13 bits per heavy atom. The van der Waals surface area contributed by atoms with Gasteiger partial charge in [-0.25, -0.2) is 0 Å². The minimum absolute atomic E-state index is 0.160. The highest BCUT2D eigenvalue weighted by Gasteiger charge is 2.07. The average molecular weight is 222 g/mol. The Balaban J connectivity index is 2.13. The van der Waals surface area contributed by atoms with Gasteiger partial charge >= 0.3 is 0 Å². The predicted molar refractivity (Wildman–Crippen MR) is 62.1 cm³/mol. The molecule has 0 bridgehead atoms. The summed E-state index contributed by atoms with van der Waals surface area (Å²) in [7, 11) is 0. The maximum Gasteiger partial charge on any atom is 0.0651 e. The maximum absolute atomic E-state index is 6.04. The van der Waals surface area contributed by atoms with Gasteiger partial charge in [-0.3, -0.25) is 5.10 Å². The molecule has 1 aromatic carbocycles. The summed E-state index contributed by atoms with van der Waals surface area (Å²) in [5.41, 5.74) is 1.97. The SMILES string of the molecule is CC(Nc1ccccc1Cl)c1ccn[nH]1. The van der Waals surface area contributed by atoms with E-state index in [2.05, 4.69) is 22.4 Å². The molecule has 2 N–H and O–H groups in total. The smallest absolute Gasteiger partial charge is 0.0651 e. The number of aromatic amines is 1. The number of hydrogen-bond acceptors (Lipinski definition) is 2. The fourth-order valence-electron chi connectivity index (χ4n) is 1.40. The summed E-state index contributed by atoms with van der Waals surface area (Å²) in [6.07, 6.45) is 1.74. The fraction of sp³-hybridized carbons (Fsp3) is 0.182. The minimum Gasteiger partial charge on any atom is -0.376 e. The first-order valence-electron chi connectivity index (χ1n) is 4.77. The molecule has 1 aromatic heterocycles. The molecule has 1 unspecified atom stereocenters. The number of halogens is 1. The van der Waals surface area contributed by atoms with E-state index >= 15 is 0 Å². The summed E-state index contributed by atoms with van der Waals surface area (Å²) in [5.74, 6) is 0. The van der Waals surface area contributed by atoms with Gasteiger partial charge < -0.3 is 5.32 Å². The van der Waals surface area contributed by atoms with Crippen LogP contribution in [0, 0.1) is 0 Å². The van der Waals surface area contributed by atoms with Gasteiger partial charge in [0.2, 0.25) is 0 Å². The molecule has 1 heterocycles. The zero-order valence-corrected chi connectivity index (χ0v) is 9.12. The van der Waals surface area contributed by atoms with Crippen LogP contribution in [0.1, 0.15) is 18.7 Å². The number of aromatic nitrogens is 2. The van der Waals surface area contributed by atoms with Crippen molar-refractivity contribution in [3.8, 4) is 0 Å². The fourth-order valence-corrected chi connectivity index (χ4v) is 1.59. The van der Waals surface area contributed by atoms with Crippen LogP contribution < -0.4 is 5.32 Å². The Labute approximate surface area is 93.5 Å². The number of anilines is 1.